The molecule has 0 saturated carbocycles. The first-order chi connectivity index (χ1) is 19.0. The number of nitrogens with zero attached hydrogens (tertiary/aromatic N) is 3. The van der Waals surface area contributed by atoms with Gasteiger partial charge in [0.25, 0.3) is 0 Å². The number of esters is 1. The molecule has 3 heterocycles. The maximum Gasteiger partial charge on any atom is 0.326 e. The van der Waals surface area contributed by atoms with Gasteiger partial charge in [0.1, 0.15) is 34.8 Å². The molecule has 3 aromatic rings. The number of carbonyl (C=O) groups is 3. The predicted octanol–water partition coefficient (Wildman–Crippen LogP) is 5.16. The monoisotopic (exact) mass is 569 g/mol. The van der Waals surface area contributed by atoms with Crippen molar-refractivity contribution in [3.05, 3.63) is 41.8 Å². The molecule has 0 bridgehead atoms. The van der Waals surface area contributed by atoms with Crippen molar-refractivity contribution in [3.8, 4) is 17.0 Å². The Hall–Kier alpha value is -4.02. The highest BCUT2D eigenvalue weighted by atomic mass is 19.1. The number of aromatic nitrogens is 2. The molecule has 0 aliphatic carbocycles. The van der Waals surface area contributed by atoms with Crippen LogP contribution in [0.15, 0.2) is 34.9 Å². The molecule has 1 aliphatic heterocycles. The quantitative estimate of drug-likeness (QED) is 0.383. The van der Waals surface area contributed by atoms with Crippen LogP contribution in [0.4, 0.5) is 4.39 Å². The average Bonchev–Trinajstić information content (AvgIpc) is 3.45. The van der Waals surface area contributed by atoms with E-state index in [1.165, 1.54) is 17.0 Å². The van der Waals surface area contributed by atoms with Crippen molar-refractivity contribution in [3.63, 3.8) is 0 Å². The Kier molecular flexibility index (Phi) is 8.11. The predicted molar refractivity (Wildman–Crippen MR) is 148 cm³/mol. The standard InChI is InChI=1S/C30H36FN3O7/c1-16-25-26(41-33-16)23(14-21(32-25)17-8-10-18(31)11-9-17)39-19-12-22(28(37)38)34(15-19)27(36)20(29(2,3)4)13-24(35)40-30(5,6)7/h8-11,14,19-20,22H,12-13,15H2,1-7H3,(H,37,38)/t19-,20-,22+/m1/s1. The minimum atomic E-state index is -1.17. The number of benzene rings is 1. The summed E-state index contributed by atoms with van der Waals surface area (Å²) < 4.78 is 30.7. The minimum Gasteiger partial charge on any atom is -0.484 e. The van der Waals surface area contributed by atoms with Gasteiger partial charge < -0.3 is 24.0 Å². The van der Waals surface area contributed by atoms with Crippen molar-refractivity contribution >= 4 is 28.9 Å². The van der Waals surface area contributed by atoms with Gasteiger partial charge in [0, 0.05) is 18.1 Å². The average molecular weight is 570 g/mol. The summed E-state index contributed by atoms with van der Waals surface area (Å²) in [5, 5.41) is 14.0. The van der Waals surface area contributed by atoms with Gasteiger partial charge in [-0.1, -0.05) is 25.9 Å². The number of ether oxygens (including phenoxy) is 2. The molecule has 0 unspecified atom stereocenters. The van der Waals surface area contributed by atoms with Crippen LogP contribution >= 0.6 is 0 Å². The lowest BCUT2D eigenvalue weighted by atomic mass is 9.77. The minimum absolute atomic E-state index is 0.0144. The fourth-order valence-corrected chi connectivity index (χ4v) is 4.91. The third-order valence-electron chi connectivity index (χ3n) is 6.95. The second kappa shape index (κ2) is 11.1. The molecule has 2 aromatic heterocycles. The van der Waals surface area contributed by atoms with E-state index in [0.717, 1.165) is 0 Å². The first-order valence-electron chi connectivity index (χ1n) is 13.5. The highest BCUT2D eigenvalue weighted by Gasteiger charge is 2.46. The molecule has 3 atom stereocenters. The fraction of sp³-hybridized carbons (Fsp3) is 0.500. The number of hydrogen-bond acceptors (Lipinski definition) is 8. The van der Waals surface area contributed by atoms with Crippen LogP contribution in [-0.2, 0) is 19.1 Å². The van der Waals surface area contributed by atoms with Crippen LogP contribution in [0.3, 0.4) is 0 Å². The normalized spacial score (nSPS) is 18.4. The summed E-state index contributed by atoms with van der Waals surface area (Å²) in [5.41, 5.74) is 1.02. The number of aryl methyl sites for hydroxylation is 1. The maximum atomic E-state index is 13.8. The van der Waals surface area contributed by atoms with Crippen molar-refractivity contribution in [2.24, 2.45) is 11.3 Å². The third kappa shape index (κ3) is 6.83. The van der Waals surface area contributed by atoms with Crippen molar-refractivity contribution in [1.82, 2.24) is 15.0 Å². The largest absolute Gasteiger partial charge is 0.484 e. The molecule has 41 heavy (non-hydrogen) atoms. The Labute approximate surface area is 237 Å². The zero-order valence-electron chi connectivity index (χ0n) is 24.4. The van der Waals surface area contributed by atoms with Crippen LogP contribution < -0.4 is 4.74 Å². The summed E-state index contributed by atoms with van der Waals surface area (Å²) in [7, 11) is 0. The molecular weight excluding hydrogens is 533 g/mol. The summed E-state index contributed by atoms with van der Waals surface area (Å²) in [6, 6.07) is 6.29. The molecule has 1 fully saturated rings. The lowest BCUT2D eigenvalue weighted by molar-refractivity contribution is -0.161. The lowest BCUT2D eigenvalue weighted by Gasteiger charge is -2.34. The van der Waals surface area contributed by atoms with Crippen LogP contribution in [-0.4, -0.2) is 62.3 Å². The van der Waals surface area contributed by atoms with Crippen LogP contribution in [0.2, 0.25) is 0 Å². The van der Waals surface area contributed by atoms with Gasteiger partial charge in [-0.2, -0.15) is 0 Å². The Morgan fingerprint density at radius 2 is 1.80 bits per heavy atom. The van der Waals surface area contributed by atoms with Gasteiger partial charge >= 0.3 is 11.9 Å². The molecule has 11 heteroatoms. The van der Waals surface area contributed by atoms with Crippen LogP contribution in [0.1, 0.15) is 60.1 Å². The molecular formula is C30H36FN3O7. The molecule has 220 valence electrons. The van der Waals surface area contributed by atoms with E-state index in [1.54, 1.807) is 45.9 Å². The molecule has 0 radical (unpaired) electrons. The summed E-state index contributed by atoms with van der Waals surface area (Å²) in [4.78, 5) is 44.6. The van der Waals surface area contributed by atoms with Crippen molar-refractivity contribution < 1.29 is 37.9 Å². The van der Waals surface area contributed by atoms with Crippen molar-refractivity contribution in [1.29, 1.82) is 0 Å². The highest BCUT2D eigenvalue weighted by Crippen LogP contribution is 2.37. The Balaban J connectivity index is 1.62. The maximum absolute atomic E-state index is 13.8. The number of carboxylic acid groups (broad SMARTS) is 1. The summed E-state index contributed by atoms with van der Waals surface area (Å²) in [6.45, 7) is 12.4. The van der Waals surface area contributed by atoms with E-state index in [-0.39, 0.29) is 36.5 Å². The zero-order chi connectivity index (χ0) is 30.3. The van der Waals surface area contributed by atoms with Gasteiger partial charge in [-0.15, -0.1) is 0 Å². The number of carbonyl (C=O) groups excluding carboxylic acids is 2. The number of likely N-dealkylation sites (tertiary alicyclic amines) is 1. The number of aliphatic carboxylic acids is 1. The van der Waals surface area contributed by atoms with Crippen molar-refractivity contribution in [2.45, 2.75) is 79.1 Å². The Morgan fingerprint density at radius 3 is 2.39 bits per heavy atom. The van der Waals surface area contributed by atoms with Crippen LogP contribution in [0.5, 0.6) is 5.75 Å². The first kappa shape index (κ1) is 30.0. The van der Waals surface area contributed by atoms with Gasteiger partial charge in [0.2, 0.25) is 11.5 Å². The number of halogens is 1. The number of rotatable bonds is 7. The SMILES string of the molecule is Cc1noc2c(O[C@@H]3C[C@@H](C(=O)O)N(C(=O)[C@@H](CC(=O)OC(C)(C)C)C(C)(C)C)C3)cc(-c3ccc(F)cc3)nc12. The zero-order valence-corrected chi connectivity index (χ0v) is 24.4. The molecule has 1 amide bonds. The van der Waals surface area contributed by atoms with E-state index in [1.807, 2.05) is 20.8 Å². The number of fused-ring (bicyclic) bond motifs is 1. The summed E-state index contributed by atoms with van der Waals surface area (Å²) >= 11 is 0. The van der Waals surface area contributed by atoms with Crippen LogP contribution in [0.25, 0.3) is 22.4 Å². The first-order valence-corrected chi connectivity index (χ1v) is 13.5. The van der Waals surface area contributed by atoms with Crippen molar-refractivity contribution in [2.75, 3.05) is 6.54 Å². The summed E-state index contributed by atoms with van der Waals surface area (Å²) in [6.07, 6.45) is -0.857. The van der Waals surface area contributed by atoms with E-state index < -0.39 is 46.9 Å². The van der Waals surface area contributed by atoms with E-state index >= 15 is 0 Å². The molecule has 10 nitrogen and oxygen atoms in total. The summed E-state index contributed by atoms with van der Waals surface area (Å²) in [5.74, 6) is -3.07. The fourth-order valence-electron chi connectivity index (χ4n) is 4.91. The number of pyridine rings is 1. The third-order valence-corrected chi connectivity index (χ3v) is 6.95. The number of hydrogen-bond donors (Lipinski definition) is 1. The Bertz CT molecular complexity index is 1450. The highest BCUT2D eigenvalue weighted by molar-refractivity contribution is 5.89. The van der Waals surface area contributed by atoms with E-state index in [9.17, 15) is 23.9 Å². The molecule has 1 aromatic carbocycles. The lowest BCUT2D eigenvalue weighted by Crippen LogP contribution is -2.47. The smallest absolute Gasteiger partial charge is 0.326 e. The van der Waals surface area contributed by atoms with Gasteiger partial charge in [0.15, 0.2) is 5.75 Å². The second-order valence-electron chi connectivity index (χ2n) is 12.5. The number of amides is 1. The topological polar surface area (TPSA) is 132 Å². The number of carboxylic acids is 1. The van der Waals surface area contributed by atoms with Gasteiger partial charge in [-0.05, 0) is 57.4 Å². The molecule has 4 rings (SSSR count). The molecule has 1 aliphatic rings. The molecule has 0 spiro atoms. The van der Waals surface area contributed by atoms with Crippen LogP contribution in [0, 0.1) is 24.1 Å². The Morgan fingerprint density at radius 1 is 1.15 bits per heavy atom. The van der Waals surface area contributed by atoms with E-state index in [4.69, 9.17) is 14.0 Å². The van der Waals surface area contributed by atoms with Gasteiger partial charge in [0.05, 0.1) is 24.6 Å². The van der Waals surface area contributed by atoms with E-state index in [0.29, 0.717) is 22.5 Å². The molecule has 1 N–H and O–H groups in total. The second-order valence-corrected chi connectivity index (χ2v) is 12.5. The molecule has 1 saturated heterocycles. The van der Waals surface area contributed by atoms with Gasteiger partial charge in [-0.25, -0.2) is 14.2 Å². The van der Waals surface area contributed by atoms with Gasteiger partial charge in [-0.3, -0.25) is 9.59 Å². The van der Waals surface area contributed by atoms with E-state index in [2.05, 4.69) is 10.1 Å².